The van der Waals surface area contributed by atoms with Crippen LogP contribution in [-0.4, -0.2) is 32.1 Å². The lowest BCUT2D eigenvalue weighted by Gasteiger charge is -2.23. The van der Waals surface area contributed by atoms with Gasteiger partial charge in [0.15, 0.2) is 0 Å². The van der Waals surface area contributed by atoms with Crippen molar-refractivity contribution in [1.29, 1.82) is 0 Å². The van der Waals surface area contributed by atoms with E-state index in [1.165, 1.54) is 37.1 Å². The smallest absolute Gasteiger partial charge is 0.0227 e. The molecule has 1 N–H and O–H groups in total. The van der Waals surface area contributed by atoms with E-state index in [1.807, 2.05) is 0 Å². The quantitative estimate of drug-likeness (QED) is 0.892. The highest BCUT2D eigenvalue weighted by molar-refractivity contribution is 5.85. The zero-order chi connectivity index (χ0) is 11.4. The topological polar surface area (TPSA) is 15.3 Å². The van der Waals surface area contributed by atoms with Gasteiger partial charge in [-0.2, -0.15) is 0 Å². The lowest BCUT2D eigenvalue weighted by molar-refractivity contribution is 0.401. The van der Waals surface area contributed by atoms with Gasteiger partial charge in [0.2, 0.25) is 0 Å². The molecular weight excluding hydrogens is 232 g/mol. The van der Waals surface area contributed by atoms with Crippen molar-refractivity contribution < 1.29 is 0 Å². The minimum atomic E-state index is 0. The van der Waals surface area contributed by atoms with Gasteiger partial charge >= 0.3 is 0 Å². The number of rotatable bonds is 3. The molecule has 2 rings (SSSR count). The molecule has 1 fully saturated rings. The number of hydrogen-bond acceptors (Lipinski definition) is 2. The number of benzene rings is 1. The summed E-state index contributed by atoms with van der Waals surface area (Å²) in [7, 11) is 4.24. The monoisotopic (exact) mass is 254 g/mol. The van der Waals surface area contributed by atoms with Crippen LogP contribution in [0.25, 0.3) is 0 Å². The highest BCUT2D eigenvalue weighted by atomic mass is 35.5. The van der Waals surface area contributed by atoms with Gasteiger partial charge in [0.05, 0.1) is 0 Å². The molecule has 0 radical (unpaired) electrons. The number of halogens is 1. The van der Waals surface area contributed by atoms with Crippen molar-refractivity contribution in [1.82, 2.24) is 10.2 Å². The maximum atomic E-state index is 3.42. The predicted octanol–water partition coefficient (Wildman–Crippen LogP) is 2.64. The van der Waals surface area contributed by atoms with Crippen molar-refractivity contribution >= 4 is 12.4 Å². The Morgan fingerprint density at radius 3 is 2.59 bits per heavy atom. The van der Waals surface area contributed by atoms with E-state index in [0.717, 1.165) is 12.5 Å². The SMILES string of the molecule is CN(C)Cc1cccc(C2CCNCC2)c1.Cl. The molecule has 1 aromatic carbocycles. The molecule has 1 aromatic rings. The maximum Gasteiger partial charge on any atom is 0.0227 e. The Morgan fingerprint density at radius 2 is 1.94 bits per heavy atom. The molecule has 17 heavy (non-hydrogen) atoms. The van der Waals surface area contributed by atoms with Gasteiger partial charge in [-0.1, -0.05) is 24.3 Å². The first-order chi connectivity index (χ1) is 7.75. The minimum Gasteiger partial charge on any atom is -0.317 e. The molecule has 1 aliphatic rings. The Morgan fingerprint density at radius 1 is 1.24 bits per heavy atom. The third kappa shape index (κ3) is 4.30. The fourth-order valence-corrected chi connectivity index (χ4v) is 2.47. The van der Waals surface area contributed by atoms with Crippen molar-refractivity contribution in [3.05, 3.63) is 35.4 Å². The Labute approximate surface area is 111 Å². The molecule has 0 bridgehead atoms. The van der Waals surface area contributed by atoms with Crippen molar-refractivity contribution in [3.8, 4) is 0 Å². The Hall–Kier alpha value is -0.570. The number of nitrogens with one attached hydrogen (secondary N) is 1. The van der Waals surface area contributed by atoms with Gasteiger partial charge in [-0.3, -0.25) is 0 Å². The van der Waals surface area contributed by atoms with Crippen LogP contribution in [0.2, 0.25) is 0 Å². The molecule has 0 saturated carbocycles. The Kier molecular flexibility index (Phi) is 5.96. The van der Waals surface area contributed by atoms with E-state index in [-0.39, 0.29) is 12.4 Å². The third-order valence-electron chi connectivity index (χ3n) is 3.26. The first-order valence-electron chi connectivity index (χ1n) is 6.20. The zero-order valence-electron chi connectivity index (χ0n) is 10.8. The van der Waals surface area contributed by atoms with Crippen molar-refractivity contribution in [2.24, 2.45) is 0 Å². The van der Waals surface area contributed by atoms with E-state index >= 15 is 0 Å². The summed E-state index contributed by atoms with van der Waals surface area (Å²) in [6.45, 7) is 3.38. The van der Waals surface area contributed by atoms with Crippen LogP contribution in [0.1, 0.15) is 29.9 Å². The number of nitrogens with zero attached hydrogens (tertiary/aromatic N) is 1. The highest BCUT2D eigenvalue weighted by Crippen LogP contribution is 2.25. The largest absolute Gasteiger partial charge is 0.317 e. The van der Waals surface area contributed by atoms with Gasteiger partial charge in [-0.05, 0) is 57.1 Å². The normalized spacial score (nSPS) is 16.9. The molecule has 0 amide bonds. The molecule has 0 unspecified atom stereocenters. The van der Waals surface area contributed by atoms with Crippen LogP contribution in [0.3, 0.4) is 0 Å². The van der Waals surface area contributed by atoms with E-state index in [2.05, 4.69) is 48.6 Å². The van der Waals surface area contributed by atoms with Crippen LogP contribution >= 0.6 is 12.4 Å². The zero-order valence-corrected chi connectivity index (χ0v) is 11.6. The summed E-state index contributed by atoms with van der Waals surface area (Å²) < 4.78 is 0. The molecule has 2 nitrogen and oxygen atoms in total. The van der Waals surface area contributed by atoms with Crippen LogP contribution < -0.4 is 5.32 Å². The minimum absolute atomic E-state index is 0. The molecule has 1 saturated heterocycles. The van der Waals surface area contributed by atoms with Crippen LogP contribution in [0.4, 0.5) is 0 Å². The van der Waals surface area contributed by atoms with Crippen molar-refractivity contribution in [3.63, 3.8) is 0 Å². The summed E-state index contributed by atoms with van der Waals surface area (Å²) in [4.78, 5) is 2.22. The van der Waals surface area contributed by atoms with E-state index in [0.29, 0.717) is 0 Å². The van der Waals surface area contributed by atoms with E-state index in [9.17, 15) is 0 Å². The molecule has 0 aliphatic carbocycles. The van der Waals surface area contributed by atoms with Gasteiger partial charge in [0.25, 0.3) is 0 Å². The predicted molar refractivity (Wildman–Crippen MR) is 75.9 cm³/mol. The number of piperidine rings is 1. The molecule has 0 atom stereocenters. The second kappa shape index (κ2) is 7.00. The molecule has 96 valence electrons. The molecule has 0 aromatic heterocycles. The van der Waals surface area contributed by atoms with Gasteiger partial charge in [-0.25, -0.2) is 0 Å². The first kappa shape index (κ1) is 14.5. The van der Waals surface area contributed by atoms with Crippen molar-refractivity contribution in [2.75, 3.05) is 27.2 Å². The lowest BCUT2D eigenvalue weighted by Crippen LogP contribution is -2.26. The summed E-state index contributed by atoms with van der Waals surface area (Å²) in [5.74, 6) is 0.767. The van der Waals surface area contributed by atoms with Crippen LogP contribution in [0.5, 0.6) is 0 Å². The molecular formula is C14H23ClN2. The van der Waals surface area contributed by atoms with E-state index < -0.39 is 0 Å². The van der Waals surface area contributed by atoms with Gasteiger partial charge < -0.3 is 10.2 Å². The Balaban J connectivity index is 0.00000144. The fraction of sp³-hybridized carbons (Fsp3) is 0.571. The molecule has 1 heterocycles. The van der Waals surface area contributed by atoms with Gasteiger partial charge in [0, 0.05) is 6.54 Å². The second-order valence-corrected chi connectivity index (χ2v) is 5.01. The van der Waals surface area contributed by atoms with Crippen LogP contribution in [0, 0.1) is 0 Å². The van der Waals surface area contributed by atoms with Crippen LogP contribution in [0.15, 0.2) is 24.3 Å². The average Bonchev–Trinajstić information content (AvgIpc) is 2.30. The lowest BCUT2D eigenvalue weighted by atomic mass is 9.89. The molecule has 1 aliphatic heterocycles. The summed E-state index contributed by atoms with van der Waals surface area (Å²) in [6, 6.07) is 9.10. The Bertz CT molecular complexity index is 333. The standard InChI is InChI=1S/C14H22N2.ClH/c1-16(2)11-12-4-3-5-14(10-12)13-6-8-15-9-7-13;/h3-5,10,13,15H,6-9,11H2,1-2H3;1H. The third-order valence-corrected chi connectivity index (χ3v) is 3.26. The molecule has 0 spiro atoms. The molecule has 3 heteroatoms. The summed E-state index contributed by atoms with van der Waals surface area (Å²) in [6.07, 6.45) is 2.57. The number of hydrogen-bond donors (Lipinski definition) is 1. The van der Waals surface area contributed by atoms with Crippen molar-refractivity contribution in [2.45, 2.75) is 25.3 Å². The fourth-order valence-electron chi connectivity index (χ4n) is 2.47. The summed E-state index contributed by atoms with van der Waals surface area (Å²) in [5, 5.41) is 3.42. The maximum absolute atomic E-state index is 3.42. The first-order valence-corrected chi connectivity index (χ1v) is 6.20. The highest BCUT2D eigenvalue weighted by Gasteiger charge is 2.15. The van der Waals surface area contributed by atoms with Gasteiger partial charge in [0.1, 0.15) is 0 Å². The summed E-state index contributed by atoms with van der Waals surface area (Å²) >= 11 is 0. The average molecular weight is 255 g/mol. The van der Waals surface area contributed by atoms with Gasteiger partial charge in [-0.15, -0.1) is 12.4 Å². The van der Waals surface area contributed by atoms with Crippen LogP contribution in [-0.2, 0) is 6.54 Å². The summed E-state index contributed by atoms with van der Waals surface area (Å²) in [5.41, 5.74) is 2.96. The second-order valence-electron chi connectivity index (χ2n) is 5.01. The van der Waals surface area contributed by atoms with E-state index in [4.69, 9.17) is 0 Å². The van der Waals surface area contributed by atoms with E-state index in [1.54, 1.807) is 0 Å².